The fraction of sp³-hybridized carbons (Fsp3) is 0.368. The van der Waals surface area contributed by atoms with E-state index in [9.17, 15) is 18.0 Å². The van der Waals surface area contributed by atoms with Crippen molar-refractivity contribution in [2.45, 2.75) is 25.6 Å². The largest absolute Gasteiger partial charge is 0.453 e. The summed E-state index contributed by atoms with van der Waals surface area (Å²) in [6.45, 7) is 1.32. The predicted octanol–water partition coefficient (Wildman–Crippen LogP) is 3.98. The van der Waals surface area contributed by atoms with E-state index >= 15 is 0 Å². The Kier molecular flexibility index (Phi) is 5.94. The van der Waals surface area contributed by atoms with Crippen LogP contribution >= 0.6 is 23.2 Å². The van der Waals surface area contributed by atoms with Crippen LogP contribution in [0.3, 0.4) is 0 Å². The van der Waals surface area contributed by atoms with Crippen molar-refractivity contribution in [2.24, 2.45) is 5.92 Å². The molecule has 164 valence electrons. The molecule has 4 rings (SSSR count). The number of halogens is 5. The lowest BCUT2D eigenvalue weighted by atomic mass is 9.96. The number of carbonyl (C=O) groups excluding carboxylic acids is 1. The van der Waals surface area contributed by atoms with Crippen LogP contribution in [0.25, 0.3) is 5.65 Å². The van der Waals surface area contributed by atoms with Gasteiger partial charge in [0.25, 0.3) is 5.82 Å². The number of benzene rings is 1. The van der Waals surface area contributed by atoms with Crippen molar-refractivity contribution in [2.75, 3.05) is 18.0 Å². The molecule has 1 amide bonds. The highest BCUT2D eigenvalue weighted by atomic mass is 35.5. The molecular weight excluding hydrogens is 456 g/mol. The molecular formula is C19H17Cl2F3N6O. The van der Waals surface area contributed by atoms with Crippen molar-refractivity contribution < 1.29 is 18.0 Å². The first kappa shape index (κ1) is 21.6. The highest BCUT2D eigenvalue weighted by molar-refractivity contribution is 6.42. The first-order valence-electron chi connectivity index (χ1n) is 9.48. The van der Waals surface area contributed by atoms with Crippen molar-refractivity contribution in [3.05, 3.63) is 51.8 Å². The minimum absolute atomic E-state index is 0.0210. The van der Waals surface area contributed by atoms with Gasteiger partial charge in [0.15, 0.2) is 5.65 Å². The number of rotatable bonds is 4. The molecule has 2 aromatic heterocycles. The van der Waals surface area contributed by atoms with Crippen molar-refractivity contribution in [1.82, 2.24) is 25.1 Å². The standard InChI is InChI=1S/C19H17Cl2F3N6O/c20-13-2-1-11(9-14(13)21)10-25-17(31)12-5-7-29(8-6-12)16-4-3-15-26-27-18(19(22,23)24)30(15)28-16/h1-4,9,12H,5-8,10H2,(H,25,31). The third kappa shape index (κ3) is 4.69. The van der Waals surface area contributed by atoms with Crippen molar-refractivity contribution in [3.63, 3.8) is 0 Å². The lowest BCUT2D eigenvalue weighted by molar-refractivity contribution is -0.146. The van der Waals surface area contributed by atoms with E-state index in [1.807, 2.05) is 4.90 Å². The second-order valence-electron chi connectivity index (χ2n) is 7.21. The number of anilines is 1. The average molecular weight is 473 g/mol. The van der Waals surface area contributed by atoms with Crippen LogP contribution in [-0.4, -0.2) is 38.8 Å². The molecule has 1 saturated heterocycles. The summed E-state index contributed by atoms with van der Waals surface area (Å²) < 4.78 is 39.9. The molecule has 1 fully saturated rings. The molecule has 7 nitrogen and oxygen atoms in total. The molecule has 1 aromatic carbocycles. The van der Waals surface area contributed by atoms with Crippen LogP contribution in [0, 0.1) is 5.92 Å². The molecule has 0 aliphatic carbocycles. The first-order chi connectivity index (χ1) is 14.7. The molecule has 1 aliphatic rings. The molecule has 31 heavy (non-hydrogen) atoms. The van der Waals surface area contributed by atoms with Gasteiger partial charge in [-0.15, -0.1) is 15.3 Å². The molecule has 1 aliphatic heterocycles. The Balaban J connectivity index is 1.37. The molecule has 0 bridgehead atoms. The van der Waals surface area contributed by atoms with Gasteiger partial charge in [0.1, 0.15) is 5.82 Å². The highest BCUT2D eigenvalue weighted by Crippen LogP contribution is 2.29. The molecule has 1 N–H and O–H groups in total. The van der Waals surface area contributed by atoms with E-state index in [1.54, 1.807) is 24.3 Å². The monoisotopic (exact) mass is 472 g/mol. The smallest absolute Gasteiger partial charge is 0.355 e. The molecule has 0 radical (unpaired) electrons. The normalized spacial score (nSPS) is 15.5. The third-order valence-electron chi connectivity index (χ3n) is 5.14. The predicted molar refractivity (Wildman–Crippen MR) is 109 cm³/mol. The molecule has 0 saturated carbocycles. The van der Waals surface area contributed by atoms with Crippen LogP contribution in [-0.2, 0) is 17.5 Å². The second kappa shape index (κ2) is 8.51. The van der Waals surface area contributed by atoms with Crippen molar-refractivity contribution in [1.29, 1.82) is 0 Å². The van der Waals surface area contributed by atoms with Crippen LogP contribution in [0.1, 0.15) is 24.2 Å². The minimum Gasteiger partial charge on any atom is -0.355 e. The highest BCUT2D eigenvalue weighted by Gasteiger charge is 2.38. The van der Waals surface area contributed by atoms with Gasteiger partial charge in [-0.05, 0) is 42.7 Å². The molecule has 3 aromatic rings. The maximum atomic E-state index is 13.1. The number of piperidine rings is 1. The van der Waals surface area contributed by atoms with Crippen LogP contribution in [0.2, 0.25) is 10.0 Å². The molecule has 0 spiro atoms. The summed E-state index contributed by atoms with van der Waals surface area (Å²) in [7, 11) is 0. The fourth-order valence-electron chi connectivity index (χ4n) is 3.48. The van der Waals surface area contributed by atoms with E-state index in [0.29, 0.717) is 52.9 Å². The van der Waals surface area contributed by atoms with Crippen LogP contribution in [0.5, 0.6) is 0 Å². The zero-order valence-corrected chi connectivity index (χ0v) is 17.5. The number of carbonyl (C=O) groups is 1. The van der Waals surface area contributed by atoms with Crippen LogP contribution in [0.4, 0.5) is 19.0 Å². The quantitative estimate of drug-likeness (QED) is 0.621. The first-order valence-corrected chi connectivity index (χ1v) is 10.2. The zero-order chi connectivity index (χ0) is 22.2. The number of aromatic nitrogens is 4. The van der Waals surface area contributed by atoms with Gasteiger partial charge in [-0.3, -0.25) is 4.79 Å². The number of hydrogen-bond donors (Lipinski definition) is 1. The fourth-order valence-corrected chi connectivity index (χ4v) is 3.80. The number of alkyl halides is 3. The van der Waals surface area contributed by atoms with Gasteiger partial charge < -0.3 is 10.2 Å². The number of hydrogen-bond acceptors (Lipinski definition) is 5. The number of nitrogens with zero attached hydrogens (tertiary/aromatic N) is 5. The van der Waals surface area contributed by atoms with E-state index in [1.165, 1.54) is 6.07 Å². The third-order valence-corrected chi connectivity index (χ3v) is 5.88. The van der Waals surface area contributed by atoms with E-state index in [0.717, 1.165) is 5.56 Å². The lowest BCUT2D eigenvalue weighted by Gasteiger charge is -2.32. The summed E-state index contributed by atoms with van der Waals surface area (Å²) in [4.78, 5) is 14.4. The Morgan fingerprint density at radius 3 is 2.52 bits per heavy atom. The summed E-state index contributed by atoms with van der Waals surface area (Å²) in [6, 6.07) is 8.22. The van der Waals surface area contributed by atoms with Crippen LogP contribution < -0.4 is 10.2 Å². The summed E-state index contributed by atoms with van der Waals surface area (Å²) >= 11 is 11.9. The van der Waals surface area contributed by atoms with E-state index in [-0.39, 0.29) is 17.5 Å². The minimum atomic E-state index is -4.65. The van der Waals surface area contributed by atoms with E-state index in [2.05, 4.69) is 20.6 Å². The SMILES string of the molecule is O=C(NCc1ccc(Cl)c(Cl)c1)C1CCN(c2ccc3nnc(C(F)(F)F)n3n2)CC1. The van der Waals surface area contributed by atoms with E-state index in [4.69, 9.17) is 23.2 Å². The van der Waals surface area contributed by atoms with Crippen molar-refractivity contribution >= 4 is 40.6 Å². The Labute approximate surface area is 185 Å². The Morgan fingerprint density at radius 2 is 1.84 bits per heavy atom. The van der Waals surface area contributed by atoms with Gasteiger partial charge in [-0.25, -0.2) is 0 Å². The Bertz CT molecular complexity index is 1110. The van der Waals surface area contributed by atoms with Gasteiger partial charge in [-0.1, -0.05) is 29.3 Å². The average Bonchev–Trinajstić information content (AvgIpc) is 3.18. The molecule has 0 atom stereocenters. The molecule has 3 heterocycles. The number of fused-ring (bicyclic) bond motifs is 1. The number of amides is 1. The van der Waals surface area contributed by atoms with E-state index < -0.39 is 12.0 Å². The summed E-state index contributed by atoms with van der Waals surface area (Å²) in [5.74, 6) is -1.05. The lowest BCUT2D eigenvalue weighted by Crippen LogP contribution is -2.40. The van der Waals surface area contributed by atoms with Gasteiger partial charge in [0.2, 0.25) is 5.91 Å². The number of nitrogens with one attached hydrogen (secondary N) is 1. The van der Waals surface area contributed by atoms with Gasteiger partial charge >= 0.3 is 6.18 Å². The Hall–Kier alpha value is -2.59. The van der Waals surface area contributed by atoms with Gasteiger partial charge in [0.05, 0.1) is 10.0 Å². The molecule has 12 heteroatoms. The maximum Gasteiger partial charge on any atom is 0.453 e. The van der Waals surface area contributed by atoms with Crippen LogP contribution in [0.15, 0.2) is 30.3 Å². The van der Waals surface area contributed by atoms with Crippen molar-refractivity contribution in [3.8, 4) is 0 Å². The maximum absolute atomic E-state index is 13.1. The van der Waals surface area contributed by atoms with Gasteiger partial charge in [0, 0.05) is 25.6 Å². The topological polar surface area (TPSA) is 75.4 Å². The zero-order valence-electron chi connectivity index (χ0n) is 16.0. The molecule has 0 unspecified atom stereocenters. The second-order valence-corrected chi connectivity index (χ2v) is 8.02. The summed E-state index contributed by atoms with van der Waals surface area (Å²) in [6.07, 6.45) is -3.53. The van der Waals surface area contributed by atoms with Gasteiger partial charge in [-0.2, -0.15) is 17.7 Å². The summed E-state index contributed by atoms with van der Waals surface area (Å²) in [5, 5.41) is 14.5. The Morgan fingerprint density at radius 1 is 1.10 bits per heavy atom. The summed E-state index contributed by atoms with van der Waals surface area (Å²) in [5.41, 5.74) is 0.861.